The van der Waals surface area contributed by atoms with Crippen LogP contribution in [0.3, 0.4) is 0 Å². The molecule has 0 aromatic carbocycles. The van der Waals surface area contributed by atoms with Crippen molar-refractivity contribution in [3.8, 4) is 12.3 Å². The Morgan fingerprint density at radius 2 is 2.62 bits per heavy atom. The largest absolute Gasteiger partial charge is 0.374 e. The van der Waals surface area contributed by atoms with Gasteiger partial charge in [-0.2, -0.15) is 0 Å². The third kappa shape index (κ3) is 3.05. The van der Waals surface area contributed by atoms with Gasteiger partial charge in [0.15, 0.2) is 0 Å². The van der Waals surface area contributed by atoms with E-state index in [0.717, 1.165) is 13.1 Å². The van der Waals surface area contributed by atoms with Crippen LogP contribution in [0.2, 0.25) is 0 Å². The van der Waals surface area contributed by atoms with E-state index in [1.165, 1.54) is 4.90 Å². The monoisotopic (exact) mass is 182 g/mol. The van der Waals surface area contributed by atoms with E-state index in [1.54, 1.807) is 7.05 Å². The summed E-state index contributed by atoms with van der Waals surface area (Å²) in [6.07, 6.45) is 5.05. The van der Waals surface area contributed by atoms with E-state index in [4.69, 9.17) is 11.2 Å². The van der Waals surface area contributed by atoms with Crippen molar-refractivity contribution in [2.24, 2.45) is 0 Å². The number of hydrogen-bond acceptors (Lipinski definition) is 3. The number of morpholine rings is 1. The number of nitrogens with one attached hydrogen (secondary N) is 1. The van der Waals surface area contributed by atoms with Crippen LogP contribution >= 0.6 is 0 Å². The first-order chi connectivity index (χ1) is 6.24. The van der Waals surface area contributed by atoms with Gasteiger partial charge < -0.3 is 15.0 Å². The lowest BCUT2D eigenvalue weighted by Gasteiger charge is -2.27. The lowest BCUT2D eigenvalue weighted by molar-refractivity contribution is -0.125. The van der Waals surface area contributed by atoms with E-state index in [-0.39, 0.29) is 12.0 Å². The molecule has 4 nitrogen and oxygen atoms in total. The van der Waals surface area contributed by atoms with E-state index in [2.05, 4.69) is 11.2 Å². The van der Waals surface area contributed by atoms with Crippen molar-refractivity contribution >= 4 is 5.91 Å². The summed E-state index contributed by atoms with van der Waals surface area (Å²) in [5.74, 6) is 1.77. The van der Waals surface area contributed by atoms with Crippen molar-refractivity contribution in [1.82, 2.24) is 10.2 Å². The second-order valence-corrected chi connectivity index (χ2v) is 3.03. The Morgan fingerprint density at radius 1 is 1.85 bits per heavy atom. The van der Waals surface area contributed by atoms with Gasteiger partial charge in [-0.3, -0.25) is 4.79 Å². The van der Waals surface area contributed by atoms with Crippen molar-refractivity contribution in [2.75, 3.05) is 33.3 Å². The predicted molar refractivity (Wildman–Crippen MR) is 49.1 cm³/mol. The molecule has 0 radical (unpaired) electrons. The van der Waals surface area contributed by atoms with Gasteiger partial charge in [0, 0.05) is 26.7 Å². The Balaban J connectivity index is 2.30. The van der Waals surface area contributed by atoms with Gasteiger partial charge in [0.2, 0.25) is 0 Å². The Bertz CT molecular complexity index is 216. The highest BCUT2D eigenvalue weighted by Crippen LogP contribution is 1.98. The summed E-state index contributed by atoms with van der Waals surface area (Å²) in [6, 6.07) is 0. The van der Waals surface area contributed by atoms with E-state index in [0.29, 0.717) is 13.2 Å². The van der Waals surface area contributed by atoms with Gasteiger partial charge in [-0.05, 0) is 5.92 Å². The normalized spacial score (nSPS) is 22.0. The number of likely N-dealkylation sites (N-methyl/N-ethyl adjacent to an activating group) is 1. The molecule has 1 heterocycles. The second-order valence-electron chi connectivity index (χ2n) is 3.03. The topological polar surface area (TPSA) is 41.6 Å². The third-order valence-electron chi connectivity index (χ3n) is 1.95. The molecule has 0 saturated carbocycles. The Labute approximate surface area is 78.2 Å². The minimum atomic E-state index is -0.297. The molecule has 1 amide bonds. The molecule has 4 heteroatoms. The highest BCUT2D eigenvalue weighted by molar-refractivity contribution is 5.92. The average molecular weight is 182 g/mol. The highest BCUT2D eigenvalue weighted by atomic mass is 16.5. The number of hydrogen-bond donors (Lipinski definition) is 1. The maximum atomic E-state index is 11.0. The molecule has 0 aromatic rings. The number of carbonyl (C=O) groups excluding carboxylic acids is 1. The minimum absolute atomic E-state index is 0.0658. The van der Waals surface area contributed by atoms with E-state index in [9.17, 15) is 4.79 Å². The van der Waals surface area contributed by atoms with Gasteiger partial charge in [0.1, 0.15) is 0 Å². The highest BCUT2D eigenvalue weighted by Gasteiger charge is 2.17. The van der Waals surface area contributed by atoms with Crippen LogP contribution in [0.25, 0.3) is 0 Å². The summed E-state index contributed by atoms with van der Waals surface area (Å²) in [6.45, 7) is 2.91. The van der Waals surface area contributed by atoms with Crippen LogP contribution in [0.4, 0.5) is 0 Å². The van der Waals surface area contributed by atoms with Crippen LogP contribution in [0.15, 0.2) is 0 Å². The summed E-state index contributed by atoms with van der Waals surface area (Å²) in [5, 5.41) is 3.18. The van der Waals surface area contributed by atoms with Gasteiger partial charge in [-0.25, -0.2) is 0 Å². The van der Waals surface area contributed by atoms with Crippen LogP contribution in [0.5, 0.6) is 0 Å². The van der Waals surface area contributed by atoms with Gasteiger partial charge >= 0.3 is 0 Å². The van der Waals surface area contributed by atoms with E-state index < -0.39 is 0 Å². The smallest absolute Gasteiger partial charge is 0.298 e. The summed E-state index contributed by atoms with van der Waals surface area (Å²) in [7, 11) is 1.68. The quantitative estimate of drug-likeness (QED) is 0.561. The fourth-order valence-corrected chi connectivity index (χ4v) is 1.24. The minimum Gasteiger partial charge on any atom is -0.374 e. The first kappa shape index (κ1) is 10.0. The standard InChI is InChI=1S/C9H14N2O2/c1-3-9(12)11(2)7-8-6-10-4-5-13-8/h1,8,10H,4-7H2,2H3. The maximum Gasteiger partial charge on any atom is 0.298 e. The molecule has 72 valence electrons. The van der Waals surface area contributed by atoms with Gasteiger partial charge in [-0.1, -0.05) is 0 Å². The Morgan fingerprint density at radius 3 is 3.15 bits per heavy atom. The van der Waals surface area contributed by atoms with E-state index in [1.807, 2.05) is 0 Å². The molecule has 0 bridgehead atoms. The molecule has 1 saturated heterocycles. The van der Waals surface area contributed by atoms with Crippen molar-refractivity contribution in [2.45, 2.75) is 6.10 Å². The number of nitrogens with zero attached hydrogens (tertiary/aromatic N) is 1. The zero-order valence-corrected chi connectivity index (χ0v) is 7.75. The molecular weight excluding hydrogens is 168 g/mol. The van der Waals surface area contributed by atoms with Gasteiger partial charge in [0.05, 0.1) is 12.7 Å². The molecule has 1 fully saturated rings. The molecule has 0 aromatic heterocycles. The summed E-state index contributed by atoms with van der Waals surface area (Å²) < 4.78 is 5.42. The molecule has 1 rings (SSSR count). The summed E-state index contributed by atoms with van der Waals surface area (Å²) in [4.78, 5) is 12.5. The van der Waals surface area contributed by atoms with Crippen molar-refractivity contribution < 1.29 is 9.53 Å². The zero-order chi connectivity index (χ0) is 9.68. The first-order valence-corrected chi connectivity index (χ1v) is 4.28. The molecule has 1 N–H and O–H groups in total. The van der Waals surface area contributed by atoms with Crippen molar-refractivity contribution in [3.63, 3.8) is 0 Å². The average Bonchev–Trinajstić information content (AvgIpc) is 2.18. The molecule has 1 atom stereocenters. The van der Waals surface area contributed by atoms with Crippen molar-refractivity contribution in [1.29, 1.82) is 0 Å². The number of ether oxygens (including phenoxy) is 1. The lowest BCUT2D eigenvalue weighted by Crippen LogP contribution is -2.45. The summed E-state index contributed by atoms with van der Waals surface area (Å²) >= 11 is 0. The Kier molecular flexibility index (Phi) is 3.74. The Hall–Kier alpha value is -1.05. The lowest BCUT2D eigenvalue weighted by atomic mass is 10.3. The van der Waals surface area contributed by atoms with Crippen molar-refractivity contribution in [3.05, 3.63) is 0 Å². The first-order valence-electron chi connectivity index (χ1n) is 4.28. The SMILES string of the molecule is C#CC(=O)N(C)CC1CNCCO1. The van der Waals surface area contributed by atoms with Crippen LogP contribution < -0.4 is 5.32 Å². The molecule has 0 spiro atoms. The molecule has 0 aliphatic carbocycles. The van der Waals surface area contributed by atoms with Crippen LogP contribution in [0.1, 0.15) is 0 Å². The summed E-state index contributed by atoms with van der Waals surface area (Å²) in [5.41, 5.74) is 0. The molecule has 13 heavy (non-hydrogen) atoms. The number of carbonyl (C=O) groups is 1. The molecule has 1 aliphatic heterocycles. The zero-order valence-electron chi connectivity index (χ0n) is 7.75. The second kappa shape index (κ2) is 4.85. The predicted octanol–water partition coefficient (Wildman–Crippen LogP) is -0.934. The van der Waals surface area contributed by atoms with Crippen LogP contribution in [-0.2, 0) is 9.53 Å². The number of amides is 1. The van der Waals surface area contributed by atoms with Crippen LogP contribution in [0, 0.1) is 12.3 Å². The van der Waals surface area contributed by atoms with Gasteiger partial charge in [0.25, 0.3) is 5.91 Å². The van der Waals surface area contributed by atoms with E-state index >= 15 is 0 Å². The molecular formula is C9H14N2O2. The molecule has 1 unspecified atom stereocenters. The third-order valence-corrected chi connectivity index (χ3v) is 1.95. The molecule has 1 aliphatic rings. The fourth-order valence-electron chi connectivity index (χ4n) is 1.24. The van der Waals surface area contributed by atoms with Crippen LogP contribution in [-0.4, -0.2) is 50.2 Å². The van der Waals surface area contributed by atoms with Gasteiger partial charge in [-0.15, -0.1) is 6.42 Å². The number of terminal acetylenes is 1. The fraction of sp³-hybridized carbons (Fsp3) is 0.667. The number of rotatable bonds is 2. The maximum absolute atomic E-state index is 11.0.